The van der Waals surface area contributed by atoms with E-state index in [1.54, 1.807) is 0 Å². The number of carboxylic acid groups (broad SMARTS) is 1. The van der Waals surface area contributed by atoms with Crippen molar-refractivity contribution < 1.29 is 14.7 Å². The van der Waals surface area contributed by atoms with Gasteiger partial charge in [-0.3, -0.25) is 0 Å². The Labute approximate surface area is 115 Å². The Morgan fingerprint density at radius 3 is 2.58 bits per heavy atom. The van der Waals surface area contributed by atoms with E-state index in [9.17, 15) is 9.59 Å². The van der Waals surface area contributed by atoms with Gasteiger partial charge in [-0.2, -0.15) is 0 Å². The highest BCUT2D eigenvalue weighted by molar-refractivity contribution is 5.82. The van der Waals surface area contributed by atoms with Crippen molar-refractivity contribution in [3.63, 3.8) is 0 Å². The first kappa shape index (κ1) is 15.8. The zero-order chi connectivity index (χ0) is 14.4. The standard InChI is InChI=1S/C14H26N2O3/c1-4-10(3)12(13(17)18)16-14(19)15-11-7-5-6-9(2)8-11/h9-12H,4-8H2,1-3H3,(H,17,18)(H2,15,16,19)/t9?,10-,11?,12-/m0/s1. The van der Waals surface area contributed by atoms with Gasteiger partial charge in [-0.05, 0) is 24.7 Å². The highest BCUT2D eigenvalue weighted by Crippen LogP contribution is 2.23. The third kappa shape index (κ3) is 5.09. The number of carbonyl (C=O) groups is 2. The van der Waals surface area contributed by atoms with Crippen molar-refractivity contribution in [1.29, 1.82) is 0 Å². The minimum absolute atomic E-state index is 0.0754. The molecule has 1 aliphatic rings. The number of hydrogen-bond donors (Lipinski definition) is 3. The first-order valence-corrected chi connectivity index (χ1v) is 7.23. The summed E-state index contributed by atoms with van der Waals surface area (Å²) >= 11 is 0. The van der Waals surface area contributed by atoms with Gasteiger partial charge in [0.25, 0.3) is 0 Å². The van der Waals surface area contributed by atoms with Crippen LogP contribution in [0.1, 0.15) is 52.9 Å². The van der Waals surface area contributed by atoms with Crippen molar-refractivity contribution in [3.8, 4) is 0 Å². The van der Waals surface area contributed by atoms with Gasteiger partial charge in [0.15, 0.2) is 0 Å². The van der Waals surface area contributed by atoms with E-state index in [2.05, 4.69) is 17.6 Å². The molecular weight excluding hydrogens is 244 g/mol. The van der Waals surface area contributed by atoms with Crippen LogP contribution in [0.4, 0.5) is 4.79 Å². The van der Waals surface area contributed by atoms with E-state index in [0.717, 1.165) is 25.7 Å². The van der Waals surface area contributed by atoms with Gasteiger partial charge < -0.3 is 15.7 Å². The van der Waals surface area contributed by atoms with Gasteiger partial charge >= 0.3 is 12.0 Å². The maximum atomic E-state index is 11.9. The monoisotopic (exact) mass is 270 g/mol. The van der Waals surface area contributed by atoms with Gasteiger partial charge in [-0.1, -0.05) is 40.0 Å². The summed E-state index contributed by atoms with van der Waals surface area (Å²) in [6.45, 7) is 5.94. The third-order valence-electron chi connectivity index (χ3n) is 4.04. The summed E-state index contributed by atoms with van der Waals surface area (Å²) in [7, 11) is 0. The SMILES string of the molecule is CC[C@H](C)[C@H](NC(=O)NC1CCCC(C)C1)C(=O)O. The maximum Gasteiger partial charge on any atom is 0.326 e. The van der Waals surface area contributed by atoms with Crippen molar-refractivity contribution in [3.05, 3.63) is 0 Å². The normalized spacial score (nSPS) is 26.3. The molecule has 0 radical (unpaired) electrons. The summed E-state index contributed by atoms with van der Waals surface area (Å²) in [6.07, 6.45) is 5.02. The van der Waals surface area contributed by atoms with Crippen molar-refractivity contribution in [2.45, 2.75) is 65.0 Å². The fourth-order valence-electron chi connectivity index (χ4n) is 2.62. The largest absolute Gasteiger partial charge is 0.480 e. The van der Waals surface area contributed by atoms with Crippen LogP contribution >= 0.6 is 0 Å². The van der Waals surface area contributed by atoms with Gasteiger partial charge in [0.2, 0.25) is 0 Å². The molecule has 5 nitrogen and oxygen atoms in total. The molecule has 0 aliphatic heterocycles. The van der Waals surface area contributed by atoms with Gasteiger partial charge in [-0.15, -0.1) is 0 Å². The molecule has 0 aromatic carbocycles. The molecule has 2 amide bonds. The van der Waals surface area contributed by atoms with E-state index in [1.165, 1.54) is 6.42 Å². The Balaban J connectivity index is 2.46. The molecule has 0 aromatic heterocycles. The van der Waals surface area contributed by atoms with Crippen LogP contribution in [0.2, 0.25) is 0 Å². The Morgan fingerprint density at radius 2 is 2.05 bits per heavy atom. The van der Waals surface area contributed by atoms with Crippen LogP contribution in [0.5, 0.6) is 0 Å². The summed E-state index contributed by atoms with van der Waals surface area (Å²) in [6, 6.07) is -0.993. The zero-order valence-corrected chi connectivity index (χ0v) is 12.1. The number of carboxylic acids is 1. The minimum Gasteiger partial charge on any atom is -0.480 e. The number of amides is 2. The van der Waals surface area contributed by atoms with Crippen LogP contribution in [-0.4, -0.2) is 29.2 Å². The molecule has 0 heterocycles. The maximum absolute atomic E-state index is 11.9. The quantitative estimate of drug-likeness (QED) is 0.717. The molecule has 0 saturated heterocycles. The Morgan fingerprint density at radius 1 is 1.37 bits per heavy atom. The molecule has 4 atom stereocenters. The van der Waals surface area contributed by atoms with Crippen molar-refractivity contribution in [1.82, 2.24) is 10.6 Å². The van der Waals surface area contributed by atoms with Crippen LogP contribution < -0.4 is 10.6 Å². The number of carbonyl (C=O) groups excluding carboxylic acids is 1. The lowest BCUT2D eigenvalue weighted by Crippen LogP contribution is -2.52. The Kier molecular flexibility index (Phi) is 6.12. The van der Waals surface area contributed by atoms with Crippen molar-refractivity contribution in [2.24, 2.45) is 11.8 Å². The lowest BCUT2D eigenvalue weighted by atomic mass is 9.87. The number of hydrogen-bond acceptors (Lipinski definition) is 2. The van der Waals surface area contributed by atoms with E-state index in [0.29, 0.717) is 5.92 Å². The van der Waals surface area contributed by atoms with Crippen LogP contribution in [0.25, 0.3) is 0 Å². The topological polar surface area (TPSA) is 78.4 Å². The van der Waals surface area contributed by atoms with Crippen LogP contribution in [0, 0.1) is 11.8 Å². The molecule has 1 fully saturated rings. The first-order chi connectivity index (χ1) is 8.93. The molecule has 1 aliphatic carbocycles. The molecule has 1 saturated carbocycles. The van der Waals surface area contributed by atoms with Crippen LogP contribution in [0.15, 0.2) is 0 Å². The second kappa shape index (κ2) is 7.36. The average Bonchev–Trinajstić information content (AvgIpc) is 2.34. The van der Waals surface area contributed by atoms with E-state index in [4.69, 9.17) is 5.11 Å². The summed E-state index contributed by atoms with van der Waals surface area (Å²) in [5.41, 5.74) is 0. The van der Waals surface area contributed by atoms with E-state index in [1.807, 2.05) is 13.8 Å². The molecule has 2 unspecified atom stereocenters. The third-order valence-corrected chi connectivity index (χ3v) is 4.04. The summed E-state index contributed by atoms with van der Waals surface area (Å²) < 4.78 is 0. The molecule has 3 N–H and O–H groups in total. The molecule has 0 bridgehead atoms. The van der Waals surface area contributed by atoms with Gasteiger partial charge in [0.1, 0.15) is 6.04 Å². The second-order valence-corrected chi connectivity index (χ2v) is 5.79. The van der Waals surface area contributed by atoms with E-state index >= 15 is 0 Å². The van der Waals surface area contributed by atoms with Crippen LogP contribution in [-0.2, 0) is 4.79 Å². The second-order valence-electron chi connectivity index (χ2n) is 5.79. The van der Waals surface area contributed by atoms with Gasteiger partial charge in [0, 0.05) is 6.04 Å². The highest BCUT2D eigenvalue weighted by atomic mass is 16.4. The predicted octanol–water partition coefficient (Wildman–Crippen LogP) is 2.36. The molecular formula is C14H26N2O3. The average molecular weight is 270 g/mol. The molecule has 1 rings (SSSR count). The van der Waals surface area contributed by atoms with Crippen molar-refractivity contribution >= 4 is 12.0 Å². The molecule has 110 valence electrons. The highest BCUT2D eigenvalue weighted by Gasteiger charge is 2.27. The summed E-state index contributed by atoms with van der Waals surface area (Å²) in [5.74, 6) is -0.418. The van der Waals surface area contributed by atoms with Gasteiger partial charge in [-0.25, -0.2) is 9.59 Å². The Bertz CT molecular complexity index is 320. The Hall–Kier alpha value is -1.26. The van der Waals surface area contributed by atoms with Crippen molar-refractivity contribution in [2.75, 3.05) is 0 Å². The molecule has 19 heavy (non-hydrogen) atoms. The van der Waals surface area contributed by atoms with Gasteiger partial charge in [0.05, 0.1) is 0 Å². The van der Waals surface area contributed by atoms with E-state index in [-0.39, 0.29) is 18.0 Å². The fraction of sp³-hybridized carbons (Fsp3) is 0.857. The van der Waals surface area contributed by atoms with E-state index < -0.39 is 12.0 Å². The lowest BCUT2D eigenvalue weighted by molar-refractivity contribution is -0.140. The molecule has 0 spiro atoms. The predicted molar refractivity (Wildman–Crippen MR) is 74.0 cm³/mol. The lowest BCUT2D eigenvalue weighted by Gasteiger charge is -2.28. The number of aliphatic carboxylic acids is 1. The molecule has 5 heteroatoms. The zero-order valence-electron chi connectivity index (χ0n) is 12.1. The summed E-state index contributed by atoms with van der Waals surface area (Å²) in [4.78, 5) is 23.0. The smallest absolute Gasteiger partial charge is 0.326 e. The fourth-order valence-corrected chi connectivity index (χ4v) is 2.62. The number of urea groups is 1. The molecule has 0 aromatic rings. The van der Waals surface area contributed by atoms with Crippen LogP contribution in [0.3, 0.4) is 0 Å². The number of nitrogens with one attached hydrogen (secondary N) is 2. The minimum atomic E-state index is -0.971. The first-order valence-electron chi connectivity index (χ1n) is 7.23. The summed E-state index contributed by atoms with van der Waals surface area (Å²) in [5, 5.41) is 14.6. The number of rotatable bonds is 5.